The number of carboxylic acids is 1. The molecule has 76 valence electrons. The number of aliphatic carboxylic acids is 1. The molecule has 0 radical (unpaired) electrons. The lowest BCUT2D eigenvalue weighted by molar-refractivity contribution is -0.137. The largest absolute Gasteiger partial charge is 0.481 e. The van der Waals surface area contributed by atoms with Gasteiger partial charge in [-0.05, 0) is 24.2 Å². The minimum atomic E-state index is -0.697. The average molecular weight is 186 g/mol. The van der Waals surface area contributed by atoms with E-state index < -0.39 is 5.97 Å². The van der Waals surface area contributed by atoms with E-state index in [1.165, 1.54) is 0 Å². The van der Waals surface area contributed by atoms with Gasteiger partial charge in [-0.25, -0.2) is 0 Å². The number of hydrogen-bond acceptors (Lipinski definition) is 2. The third kappa shape index (κ3) is 2.21. The van der Waals surface area contributed by atoms with Crippen molar-refractivity contribution in [2.75, 3.05) is 13.2 Å². The van der Waals surface area contributed by atoms with Crippen molar-refractivity contribution >= 4 is 5.97 Å². The van der Waals surface area contributed by atoms with Crippen molar-refractivity contribution in [2.24, 2.45) is 17.3 Å². The maximum atomic E-state index is 10.5. The number of carboxylic acid groups (broad SMARTS) is 1. The van der Waals surface area contributed by atoms with Crippen molar-refractivity contribution in [3.63, 3.8) is 0 Å². The lowest BCUT2D eigenvalue weighted by Gasteiger charge is -2.01. The Balaban J connectivity index is 2.36. The van der Waals surface area contributed by atoms with Crippen LogP contribution in [-0.2, 0) is 9.53 Å². The van der Waals surface area contributed by atoms with E-state index in [9.17, 15) is 4.79 Å². The Labute approximate surface area is 79.1 Å². The van der Waals surface area contributed by atoms with Crippen LogP contribution in [0.4, 0.5) is 0 Å². The monoisotopic (exact) mass is 186 g/mol. The maximum absolute atomic E-state index is 10.5. The Morgan fingerprint density at radius 2 is 2.08 bits per heavy atom. The summed E-state index contributed by atoms with van der Waals surface area (Å²) in [7, 11) is 0. The molecule has 1 saturated carbocycles. The van der Waals surface area contributed by atoms with Gasteiger partial charge in [0.25, 0.3) is 0 Å². The fourth-order valence-corrected chi connectivity index (χ4v) is 2.03. The van der Waals surface area contributed by atoms with E-state index in [1.54, 1.807) is 0 Å². The first-order chi connectivity index (χ1) is 6.00. The Bertz CT molecular complexity index is 198. The zero-order valence-electron chi connectivity index (χ0n) is 8.54. The van der Waals surface area contributed by atoms with Gasteiger partial charge in [0.15, 0.2) is 0 Å². The van der Waals surface area contributed by atoms with E-state index >= 15 is 0 Å². The van der Waals surface area contributed by atoms with Crippen LogP contribution >= 0.6 is 0 Å². The van der Waals surface area contributed by atoms with Crippen LogP contribution in [0.3, 0.4) is 0 Å². The summed E-state index contributed by atoms with van der Waals surface area (Å²) in [5, 5.41) is 8.66. The predicted molar refractivity (Wildman–Crippen MR) is 49.5 cm³/mol. The summed E-state index contributed by atoms with van der Waals surface area (Å²) < 4.78 is 5.31. The van der Waals surface area contributed by atoms with Crippen LogP contribution in [0.15, 0.2) is 0 Å². The molecule has 0 bridgehead atoms. The standard InChI is InChI=1S/C10H18O3/c1-4-13-6-8-7(5-9(11)12)10(8,2)3/h7-8H,4-6H2,1-3H3,(H,11,12). The molecule has 1 aliphatic carbocycles. The minimum Gasteiger partial charge on any atom is -0.481 e. The second-order valence-corrected chi connectivity index (χ2v) is 4.29. The molecule has 0 aromatic heterocycles. The molecule has 2 unspecified atom stereocenters. The highest BCUT2D eigenvalue weighted by molar-refractivity contribution is 5.67. The highest BCUT2D eigenvalue weighted by atomic mass is 16.5. The molecule has 0 amide bonds. The number of hydrogen-bond donors (Lipinski definition) is 1. The van der Waals surface area contributed by atoms with Crippen LogP contribution in [-0.4, -0.2) is 24.3 Å². The van der Waals surface area contributed by atoms with Gasteiger partial charge in [-0.3, -0.25) is 4.79 Å². The first kappa shape index (κ1) is 10.5. The molecule has 1 aliphatic rings. The fraction of sp³-hybridized carbons (Fsp3) is 0.900. The van der Waals surface area contributed by atoms with Crippen LogP contribution in [0.5, 0.6) is 0 Å². The van der Waals surface area contributed by atoms with E-state index in [4.69, 9.17) is 9.84 Å². The Morgan fingerprint density at radius 1 is 1.46 bits per heavy atom. The molecule has 0 aliphatic heterocycles. The lowest BCUT2D eigenvalue weighted by atomic mass is 10.1. The van der Waals surface area contributed by atoms with Crippen LogP contribution < -0.4 is 0 Å². The van der Waals surface area contributed by atoms with Gasteiger partial charge in [0.1, 0.15) is 0 Å². The normalized spacial score (nSPS) is 30.1. The predicted octanol–water partition coefficient (Wildman–Crippen LogP) is 1.77. The van der Waals surface area contributed by atoms with E-state index in [0.29, 0.717) is 25.0 Å². The van der Waals surface area contributed by atoms with Crippen molar-refractivity contribution in [1.29, 1.82) is 0 Å². The lowest BCUT2D eigenvalue weighted by Crippen LogP contribution is -2.01. The third-order valence-electron chi connectivity index (χ3n) is 3.18. The molecule has 0 heterocycles. The quantitative estimate of drug-likeness (QED) is 0.711. The molecular weight excluding hydrogens is 168 g/mol. The molecule has 1 rings (SSSR count). The van der Waals surface area contributed by atoms with Gasteiger partial charge < -0.3 is 9.84 Å². The highest BCUT2D eigenvalue weighted by Crippen LogP contribution is 2.59. The van der Waals surface area contributed by atoms with Gasteiger partial charge in [0.05, 0.1) is 6.61 Å². The topological polar surface area (TPSA) is 46.5 Å². The molecule has 3 heteroatoms. The second-order valence-electron chi connectivity index (χ2n) is 4.29. The summed E-state index contributed by atoms with van der Waals surface area (Å²) in [5.74, 6) is 0.0390. The molecule has 13 heavy (non-hydrogen) atoms. The van der Waals surface area contributed by atoms with Crippen molar-refractivity contribution in [2.45, 2.75) is 27.2 Å². The van der Waals surface area contributed by atoms with Crippen molar-refractivity contribution in [3.8, 4) is 0 Å². The Hall–Kier alpha value is -0.570. The number of rotatable bonds is 5. The molecule has 0 aromatic carbocycles. The van der Waals surface area contributed by atoms with Gasteiger partial charge in [-0.1, -0.05) is 13.8 Å². The molecule has 0 spiro atoms. The van der Waals surface area contributed by atoms with E-state index in [-0.39, 0.29) is 11.8 Å². The van der Waals surface area contributed by atoms with Crippen LogP contribution in [0, 0.1) is 17.3 Å². The van der Waals surface area contributed by atoms with Crippen molar-refractivity contribution < 1.29 is 14.6 Å². The number of carbonyl (C=O) groups is 1. The van der Waals surface area contributed by atoms with Crippen LogP contribution in [0.2, 0.25) is 0 Å². The molecular formula is C10H18O3. The summed E-state index contributed by atoms with van der Waals surface area (Å²) >= 11 is 0. The summed E-state index contributed by atoms with van der Waals surface area (Å²) in [6.07, 6.45) is 0.282. The van der Waals surface area contributed by atoms with Crippen molar-refractivity contribution in [3.05, 3.63) is 0 Å². The molecule has 3 nitrogen and oxygen atoms in total. The second kappa shape index (κ2) is 3.66. The first-order valence-corrected chi connectivity index (χ1v) is 4.79. The molecule has 0 aromatic rings. The summed E-state index contributed by atoms with van der Waals surface area (Å²) in [6.45, 7) is 7.62. The van der Waals surface area contributed by atoms with Crippen LogP contribution in [0.1, 0.15) is 27.2 Å². The van der Waals surface area contributed by atoms with E-state index in [0.717, 1.165) is 0 Å². The maximum Gasteiger partial charge on any atom is 0.303 e. The third-order valence-corrected chi connectivity index (χ3v) is 3.18. The Morgan fingerprint density at radius 3 is 2.54 bits per heavy atom. The van der Waals surface area contributed by atoms with E-state index in [1.807, 2.05) is 6.92 Å². The zero-order valence-corrected chi connectivity index (χ0v) is 8.54. The van der Waals surface area contributed by atoms with Crippen molar-refractivity contribution in [1.82, 2.24) is 0 Å². The molecule has 1 fully saturated rings. The van der Waals surface area contributed by atoms with Gasteiger partial charge in [0, 0.05) is 13.0 Å². The zero-order chi connectivity index (χ0) is 10.1. The van der Waals surface area contributed by atoms with Gasteiger partial charge in [-0.15, -0.1) is 0 Å². The smallest absolute Gasteiger partial charge is 0.303 e. The Kier molecular flexibility index (Phi) is 2.96. The summed E-state index contributed by atoms with van der Waals surface area (Å²) in [5.41, 5.74) is 0.160. The fourth-order valence-electron chi connectivity index (χ4n) is 2.03. The van der Waals surface area contributed by atoms with Gasteiger partial charge in [-0.2, -0.15) is 0 Å². The van der Waals surface area contributed by atoms with Crippen LogP contribution in [0.25, 0.3) is 0 Å². The molecule has 1 N–H and O–H groups in total. The molecule has 0 saturated heterocycles. The minimum absolute atomic E-state index is 0.160. The molecule has 2 atom stereocenters. The SMILES string of the molecule is CCOCC1C(CC(=O)O)C1(C)C. The van der Waals surface area contributed by atoms with Gasteiger partial charge >= 0.3 is 5.97 Å². The first-order valence-electron chi connectivity index (χ1n) is 4.79. The van der Waals surface area contributed by atoms with Gasteiger partial charge in [0.2, 0.25) is 0 Å². The number of ether oxygens (including phenoxy) is 1. The average Bonchev–Trinajstić information content (AvgIpc) is 2.49. The summed E-state index contributed by atoms with van der Waals surface area (Å²) in [4.78, 5) is 10.5. The van der Waals surface area contributed by atoms with E-state index in [2.05, 4.69) is 13.8 Å². The highest BCUT2D eigenvalue weighted by Gasteiger charge is 2.57. The summed E-state index contributed by atoms with van der Waals surface area (Å²) in [6, 6.07) is 0.